The second kappa shape index (κ2) is 43.5. The van der Waals surface area contributed by atoms with Gasteiger partial charge in [-0.1, -0.05) is 17.8 Å². The van der Waals surface area contributed by atoms with Crippen molar-refractivity contribution in [2.45, 2.75) is 189 Å². The number of allylic oxidation sites excluding steroid dienone is 1. The monoisotopic (exact) mass is 1980 g/mol. The van der Waals surface area contributed by atoms with E-state index in [0.717, 1.165) is 42.7 Å². The first-order chi connectivity index (χ1) is 64.3. The number of halogens is 2. The number of aryl methyl sites for hydroxylation is 3. The first-order valence-corrected chi connectivity index (χ1v) is 55.9. The molecular weight excluding hydrogens is 1870 g/mol. The van der Waals surface area contributed by atoms with Gasteiger partial charge in [-0.2, -0.15) is 13.4 Å². The van der Waals surface area contributed by atoms with E-state index in [1.165, 1.54) is 72.8 Å². The number of nitrogens with one attached hydrogen (secondary N) is 5. The number of rotatable bonds is 47. The Morgan fingerprint density at radius 1 is 0.801 bits per heavy atom. The number of aliphatic carboxylic acids is 3. The number of nitrogen functional groups attached to an aromatic ring is 1. The van der Waals surface area contributed by atoms with Gasteiger partial charge in [0.25, 0.3) is 21.6 Å². The molecule has 0 bridgehead atoms. The molecule has 3 aromatic carbocycles. The van der Waals surface area contributed by atoms with E-state index in [2.05, 4.69) is 60.6 Å². The van der Waals surface area contributed by atoms with Crippen molar-refractivity contribution in [3.63, 3.8) is 0 Å². The van der Waals surface area contributed by atoms with Crippen LogP contribution < -0.4 is 47.4 Å². The highest BCUT2D eigenvalue weighted by molar-refractivity contribution is 8.01. The van der Waals surface area contributed by atoms with Crippen LogP contribution in [0.5, 0.6) is 0 Å². The Bertz CT molecular complexity index is 6580. The zero-order valence-corrected chi connectivity index (χ0v) is 82.0. The highest BCUT2D eigenvalue weighted by atomic mass is 32.2. The van der Waals surface area contributed by atoms with Crippen LogP contribution in [0.1, 0.15) is 124 Å². The second-order valence-corrected chi connectivity index (χ2v) is 49.9. The highest BCUT2D eigenvalue weighted by Gasteiger charge is 2.55. The molecule has 0 radical (unpaired) electrons. The fourth-order valence-corrected chi connectivity index (χ4v) is 31.1. The Labute approximate surface area is 793 Å². The number of aromatic amines is 1. The molecule has 8 heterocycles. The zero-order chi connectivity index (χ0) is 98.8. The van der Waals surface area contributed by atoms with E-state index in [1.807, 2.05) is 90.3 Å². The Hall–Kier alpha value is -12.1. The van der Waals surface area contributed by atoms with E-state index in [4.69, 9.17) is 14.3 Å². The number of carboxylic acids is 3. The molecule has 724 valence electrons. The standard InChI is InChI=1S/C90H109BF2N16O21S4Si2/c1-11-105(12-2)61-22-27-66-73(41-61)129-74-42-62(106(13-3)14-4)23-28-67(74)80(66)68-29-26-65(43-76(68)134(126,127)128)133(124,125)34-32-54-45-98-90(99-46-54)132-51-136(9,10)130-135(7,8)35-15-33-107-78(113)44-75(86(107)119)131-50-57(87(120)121)38-72(111)70(49-96-77(112)31-24-60-20-21-63-40-71-52(5)36-53(6)108(71)91(92,93)109(60)63)102-84(117)56(39-79(114)115)37-64(110)25-30-69(88(122)123)101-83(116)55-16-18-58(19-17-55)95-47-59-48-97-82-81(100-59)85(118)104-89(94)103-82/h16-23,26-29,36,41-43,45-46,48,56-57,63,69-70,75H,11-15,24-25,30-35,37-40,44,47,49-51H2,1-10H3,(H10-,94,95,96,97,101,102,103,104,112,114,115,116,117,118,120,121,122,123,126,127,128)/p+1/t56-,57-,63?,69-,70-,75?/m0/s1. The molecule has 4 aliphatic heterocycles. The summed E-state index contributed by atoms with van der Waals surface area (Å²) >= 11 is 2.16. The lowest BCUT2D eigenvalue weighted by Gasteiger charge is -2.35. The number of aromatic nitrogens is 7. The molecule has 5 aliphatic rings. The van der Waals surface area contributed by atoms with Gasteiger partial charge in [0, 0.05) is 152 Å². The molecule has 4 aromatic heterocycles. The SMILES string of the molecule is CCN(CC)c1ccc2c(-c3ccc(S(=O)(=O)CCc4cnc(SC[Si](C)(C)O[Si](C)(C)CCCN5C(=O)CC(SC[C@H](CC(=O)[C@H](CNC(=O)CCC6=[N+]7C(C=C6)Cc6c(C)cc(C)n6[B-]7(F)F)NC(=O)[C@H](CC(=O)O)CC(=O)CC[C@H](NC(=O)c6ccc(NCc7cnc8nc(N)[nH]c(=O)c8n7)cc6)C(=O)O)C(=O)O)C5=O)nc4)cc3S(=O)(=O)O)c3ccc(=[N+](CC)CC)cc-3oc2c1. The van der Waals surface area contributed by atoms with Gasteiger partial charge in [-0.15, -0.1) is 11.8 Å². The lowest BCUT2D eigenvalue weighted by molar-refractivity contribution is -0.457. The third-order valence-corrected chi connectivity index (χ3v) is 38.0. The molecule has 6 atom stereocenters. The maximum Gasteiger partial charge on any atom is 0.732 e. The van der Waals surface area contributed by atoms with Crippen LogP contribution in [0.15, 0.2) is 140 Å². The summed E-state index contributed by atoms with van der Waals surface area (Å²) in [7, 11) is -14.3. The minimum Gasteiger partial charge on any atom is -0.481 e. The van der Waals surface area contributed by atoms with Gasteiger partial charge in [0.05, 0.1) is 58.7 Å². The van der Waals surface area contributed by atoms with E-state index >= 15 is 8.63 Å². The fourth-order valence-electron chi connectivity index (χ4n) is 17.4. The second-order valence-electron chi connectivity index (χ2n) is 35.0. The smallest absolute Gasteiger partial charge is 0.481 e. The number of Topliss-reactive ketones (excluding diaryl/α,β-unsaturated/α-hetero) is 2. The zero-order valence-electron chi connectivity index (χ0n) is 76.7. The molecule has 2 unspecified atom stereocenters. The van der Waals surface area contributed by atoms with Gasteiger partial charge in [-0.05, 0) is 182 Å². The summed E-state index contributed by atoms with van der Waals surface area (Å²) in [6, 6.07) is 18.7. The van der Waals surface area contributed by atoms with E-state index in [0.29, 0.717) is 111 Å². The van der Waals surface area contributed by atoms with E-state index in [9.17, 15) is 89.4 Å². The molecular formula is C90H110BF2N16O21S4Si2+. The van der Waals surface area contributed by atoms with Crippen molar-refractivity contribution in [1.82, 2.24) is 59.8 Å². The predicted molar refractivity (Wildman–Crippen MR) is 513 cm³/mol. The Kier molecular flexibility index (Phi) is 32.9. The van der Waals surface area contributed by atoms with Gasteiger partial charge < -0.3 is 73.3 Å². The quantitative estimate of drug-likeness (QED) is 0.00325. The third-order valence-electron chi connectivity index (χ3n) is 24.2. The van der Waals surface area contributed by atoms with Crippen molar-refractivity contribution in [1.29, 1.82) is 0 Å². The molecule has 12 rings (SSSR count). The summed E-state index contributed by atoms with van der Waals surface area (Å²) in [4.78, 5) is 174. The number of amides is 5. The summed E-state index contributed by atoms with van der Waals surface area (Å²) in [6.45, 7) is 17.3. The molecule has 5 amide bonds. The summed E-state index contributed by atoms with van der Waals surface area (Å²) < 4.78 is 116. The number of thioether (sulfide) groups is 2. The predicted octanol–water partition coefficient (Wildman–Crippen LogP) is 8.49. The number of benzene rings is 4. The molecule has 0 saturated carbocycles. The van der Waals surface area contributed by atoms with Gasteiger partial charge in [-0.25, -0.2) is 37.7 Å². The minimum atomic E-state index is -5.05. The van der Waals surface area contributed by atoms with Crippen LogP contribution in [0, 0.1) is 25.7 Å². The number of anilines is 3. The van der Waals surface area contributed by atoms with Gasteiger partial charge in [0.2, 0.25) is 34.9 Å². The third kappa shape index (κ3) is 25.0. The summed E-state index contributed by atoms with van der Waals surface area (Å²) in [6.07, 6.45) is 3.26. The van der Waals surface area contributed by atoms with Crippen LogP contribution in [0.2, 0.25) is 32.2 Å². The number of imide groups is 1. The van der Waals surface area contributed by atoms with Gasteiger partial charge in [0.1, 0.15) is 58.9 Å². The van der Waals surface area contributed by atoms with E-state index < -0.39 is 205 Å². The normalized spacial score (nSPS) is 15.8. The average molecular weight is 1990 g/mol. The topological polar surface area (TPSA) is 531 Å². The molecule has 1 aliphatic carbocycles. The number of carbonyl (C=O) groups excluding carboxylic acids is 7. The van der Waals surface area contributed by atoms with Crippen LogP contribution in [0.4, 0.5) is 26.0 Å². The Balaban J connectivity index is 0.635. The number of carbonyl (C=O) groups is 10. The van der Waals surface area contributed by atoms with Gasteiger partial charge >= 0.3 is 24.9 Å². The summed E-state index contributed by atoms with van der Waals surface area (Å²) in [5.41, 5.74) is 10.4. The molecule has 46 heteroatoms. The first-order valence-electron chi connectivity index (χ1n) is 44.5. The van der Waals surface area contributed by atoms with Crippen molar-refractivity contribution < 1.29 is 106 Å². The van der Waals surface area contributed by atoms with Crippen LogP contribution in [-0.2, 0) is 86.6 Å². The lowest BCUT2D eigenvalue weighted by atomic mass is 9.86. The molecule has 11 N–H and O–H groups in total. The maximum atomic E-state index is 16.4. The summed E-state index contributed by atoms with van der Waals surface area (Å²) in [5.74, 6) is -14.5. The number of ketones is 2. The molecule has 0 spiro atoms. The average Bonchev–Trinajstić information content (AvgIpc) is 1.39. The first kappa shape index (κ1) is 103. The fraction of sp³-hybridized carbons (Fsp3) is 0.422. The van der Waals surface area contributed by atoms with Crippen molar-refractivity contribution in [2.75, 3.05) is 72.1 Å². The number of sulfone groups is 1. The van der Waals surface area contributed by atoms with Gasteiger partial charge in [0.15, 0.2) is 48.6 Å². The number of nitrogens with zero attached hydrogens (tertiary/aromatic N) is 10. The Morgan fingerprint density at radius 3 is 2.19 bits per heavy atom. The van der Waals surface area contributed by atoms with E-state index in [-0.39, 0.29) is 77.6 Å². The highest BCUT2D eigenvalue weighted by Crippen LogP contribution is 2.45. The Morgan fingerprint density at radius 2 is 1.51 bits per heavy atom. The van der Waals surface area contributed by atoms with Crippen molar-refractivity contribution in [3.05, 3.63) is 165 Å². The van der Waals surface area contributed by atoms with Gasteiger partial charge in [-0.3, -0.25) is 62.4 Å². The number of H-pyrrole nitrogens is 1. The van der Waals surface area contributed by atoms with Crippen LogP contribution in [-0.4, -0.2) is 248 Å². The largest absolute Gasteiger partial charge is 0.732 e. The van der Waals surface area contributed by atoms with Crippen molar-refractivity contribution >= 4 is 171 Å². The number of fused-ring (bicyclic) bond motifs is 5. The summed E-state index contributed by atoms with van der Waals surface area (Å²) in [5, 5.41) is 42.3. The van der Waals surface area contributed by atoms with Crippen molar-refractivity contribution in [2.24, 2.45) is 11.8 Å². The van der Waals surface area contributed by atoms with E-state index in [1.54, 1.807) is 26.0 Å². The lowest BCUT2D eigenvalue weighted by Crippen LogP contribution is -2.57. The maximum absolute atomic E-state index is 16.4. The molecule has 1 saturated heterocycles. The number of hydrogen-bond donors (Lipinski definition) is 10. The molecule has 136 heavy (non-hydrogen) atoms. The van der Waals surface area contributed by atoms with Crippen LogP contribution in [0.25, 0.3) is 44.6 Å². The molecule has 37 nitrogen and oxygen atoms in total. The van der Waals surface area contributed by atoms with Crippen LogP contribution in [0.3, 0.4) is 0 Å². The number of carboxylic acid groups (broad SMARTS) is 3. The minimum absolute atomic E-state index is 0.00559. The number of nitrogens with two attached hydrogens (primary N) is 1. The number of likely N-dealkylation sites (tertiary alicyclic amines) is 1. The molecule has 1 fully saturated rings. The van der Waals surface area contributed by atoms with Crippen LogP contribution >= 0.6 is 23.5 Å². The number of hydrogen-bond acceptors (Lipinski definition) is 27. The van der Waals surface area contributed by atoms with Crippen molar-refractivity contribution in [3.8, 4) is 22.5 Å². The molecule has 7 aromatic rings.